The van der Waals surface area contributed by atoms with Gasteiger partial charge in [0.1, 0.15) is 11.7 Å². The number of halogens is 3. The second kappa shape index (κ2) is 11.8. The number of esters is 1. The normalized spacial score (nSPS) is 16.2. The Morgan fingerprint density at radius 2 is 1.93 bits per heavy atom. The molecule has 2 atom stereocenters. The topological polar surface area (TPSA) is 71.2 Å². The van der Waals surface area contributed by atoms with E-state index in [4.69, 9.17) is 37.5 Å². The predicted octanol–water partition coefficient (Wildman–Crippen LogP) is 7.82. The van der Waals surface area contributed by atoms with Crippen molar-refractivity contribution in [1.82, 2.24) is 19.3 Å². The first-order chi connectivity index (χ1) is 19.8. The number of ether oxygens (including phenoxy) is 1. The first kappa shape index (κ1) is 30.7. The van der Waals surface area contributed by atoms with E-state index in [-0.39, 0.29) is 24.6 Å². The van der Waals surface area contributed by atoms with Crippen molar-refractivity contribution in [3.63, 3.8) is 0 Å². The maximum absolute atomic E-state index is 14.2. The molecule has 0 saturated carbocycles. The van der Waals surface area contributed by atoms with Crippen LogP contribution in [0.1, 0.15) is 50.7 Å². The molecule has 0 saturated heterocycles. The first-order valence-corrected chi connectivity index (χ1v) is 17.9. The summed E-state index contributed by atoms with van der Waals surface area (Å²) in [7, 11) is -1.80. The number of carbonyl (C=O) groups excluding carboxylic acids is 1. The third-order valence-electron chi connectivity index (χ3n) is 8.45. The van der Waals surface area contributed by atoms with Gasteiger partial charge in [-0.25, -0.2) is 14.2 Å². The van der Waals surface area contributed by atoms with Crippen LogP contribution in [-0.2, 0) is 33.3 Å². The molecule has 0 N–H and O–H groups in total. The Kier molecular flexibility index (Phi) is 8.60. The van der Waals surface area contributed by atoms with Crippen molar-refractivity contribution < 1.29 is 18.3 Å². The molecule has 5 rings (SSSR count). The number of hydrogen-bond donors (Lipinski definition) is 0. The van der Waals surface area contributed by atoms with E-state index in [1.54, 1.807) is 24.0 Å². The van der Waals surface area contributed by atoms with E-state index in [1.165, 1.54) is 10.2 Å². The summed E-state index contributed by atoms with van der Waals surface area (Å²) in [5.74, 6) is -0.533. The van der Waals surface area contributed by atoms with E-state index < -0.39 is 26.5 Å². The van der Waals surface area contributed by atoms with Gasteiger partial charge in [0.15, 0.2) is 14.4 Å². The highest BCUT2D eigenvalue weighted by Crippen LogP contribution is 2.40. The molecule has 2 aromatic heterocycles. The van der Waals surface area contributed by atoms with Crippen molar-refractivity contribution in [3.8, 4) is 11.1 Å². The largest absolute Gasteiger partial charge is 0.464 e. The van der Waals surface area contributed by atoms with Gasteiger partial charge in [-0.3, -0.25) is 4.68 Å². The molecular formula is C31H37Cl2FN4O3Si. The fourth-order valence-electron chi connectivity index (χ4n) is 5.04. The molecular weight excluding hydrogens is 594 g/mol. The molecule has 42 heavy (non-hydrogen) atoms. The number of nitrogens with zero attached hydrogens (tertiary/aromatic N) is 4. The van der Waals surface area contributed by atoms with Gasteiger partial charge in [-0.15, -0.1) is 0 Å². The van der Waals surface area contributed by atoms with Gasteiger partial charge >= 0.3 is 5.97 Å². The van der Waals surface area contributed by atoms with E-state index >= 15 is 0 Å². The quantitative estimate of drug-likeness (QED) is 0.139. The van der Waals surface area contributed by atoms with Crippen LogP contribution in [0.2, 0.25) is 28.2 Å². The van der Waals surface area contributed by atoms with Crippen molar-refractivity contribution in [1.29, 1.82) is 0 Å². The Hall–Kier alpha value is -2.72. The molecule has 0 amide bonds. The number of alkyl halides is 1. The number of imidazole rings is 1. The number of rotatable bonds is 9. The summed E-state index contributed by atoms with van der Waals surface area (Å²) >= 11 is 13.7. The highest BCUT2D eigenvalue weighted by Gasteiger charge is 2.37. The SMILES string of the molecule is CCOC(=O)C(c1ncn2c1C[C@@H](F)C2)n1cc2c(Cl)cc(-c3ccc(CCO[Si](C)(C)C(C)(C)C)cc3)c(Cl)c2n1. The molecule has 11 heteroatoms. The lowest BCUT2D eigenvalue weighted by Crippen LogP contribution is -2.41. The van der Waals surface area contributed by atoms with Gasteiger partial charge in [-0.2, -0.15) is 5.10 Å². The number of hydrogen-bond acceptors (Lipinski definition) is 5. The molecule has 7 nitrogen and oxygen atoms in total. The average Bonchev–Trinajstić information content (AvgIpc) is 3.62. The summed E-state index contributed by atoms with van der Waals surface area (Å²) in [6.07, 6.45) is 3.20. The van der Waals surface area contributed by atoms with Crippen molar-refractivity contribution in [2.75, 3.05) is 13.2 Å². The lowest BCUT2D eigenvalue weighted by molar-refractivity contribution is -0.146. The summed E-state index contributed by atoms with van der Waals surface area (Å²) in [6.45, 7) is 14.0. The third kappa shape index (κ3) is 5.89. The molecule has 0 bridgehead atoms. The van der Waals surface area contributed by atoms with Crippen LogP contribution in [0, 0.1) is 0 Å². The molecule has 0 fully saturated rings. The van der Waals surface area contributed by atoms with E-state index in [1.807, 2.05) is 18.2 Å². The van der Waals surface area contributed by atoms with Crippen LogP contribution in [0.15, 0.2) is 42.9 Å². The lowest BCUT2D eigenvalue weighted by atomic mass is 10.0. The van der Waals surface area contributed by atoms with Crippen molar-refractivity contribution >= 4 is 48.4 Å². The summed E-state index contributed by atoms with van der Waals surface area (Å²) in [5.41, 5.74) is 4.34. The average molecular weight is 632 g/mol. The second-order valence-electron chi connectivity index (χ2n) is 12.3. The predicted molar refractivity (Wildman–Crippen MR) is 168 cm³/mol. The smallest absolute Gasteiger partial charge is 0.337 e. The Bertz CT molecular complexity index is 1610. The Balaban J connectivity index is 1.44. The van der Waals surface area contributed by atoms with E-state index in [0.717, 1.165) is 17.5 Å². The Morgan fingerprint density at radius 1 is 1.21 bits per heavy atom. The monoisotopic (exact) mass is 630 g/mol. The van der Waals surface area contributed by atoms with Crippen LogP contribution in [-0.4, -0.2) is 53.0 Å². The zero-order valence-corrected chi connectivity index (χ0v) is 27.4. The Morgan fingerprint density at radius 3 is 2.60 bits per heavy atom. The maximum atomic E-state index is 14.2. The van der Waals surface area contributed by atoms with E-state index in [9.17, 15) is 9.18 Å². The van der Waals surface area contributed by atoms with Gasteiger partial charge in [0.05, 0.1) is 35.2 Å². The van der Waals surface area contributed by atoms with Gasteiger partial charge in [0, 0.05) is 35.9 Å². The number of benzene rings is 2. The van der Waals surface area contributed by atoms with Crippen molar-refractivity contribution in [2.45, 2.75) is 77.4 Å². The van der Waals surface area contributed by atoms with Gasteiger partial charge in [-0.05, 0) is 48.7 Å². The zero-order valence-electron chi connectivity index (χ0n) is 24.9. The molecule has 2 aromatic carbocycles. The minimum Gasteiger partial charge on any atom is -0.464 e. The highest BCUT2D eigenvalue weighted by atomic mass is 35.5. The fourth-order valence-corrected chi connectivity index (χ4v) is 6.64. The van der Waals surface area contributed by atoms with E-state index in [2.05, 4.69) is 51.0 Å². The second-order valence-corrected chi connectivity index (χ2v) is 17.9. The summed E-state index contributed by atoms with van der Waals surface area (Å²) in [6, 6.07) is 9.01. The van der Waals surface area contributed by atoms with Crippen LogP contribution in [0.5, 0.6) is 0 Å². The van der Waals surface area contributed by atoms with Crippen LogP contribution in [0.25, 0.3) is 22.0 Å². The van der Waals surface area contributed by atoms with Gasteiger partial charge in [0.2, 0.25) is 0 Å². The standard InChI is InChI=1S/C31H37Cl2FN4O3Si/c1-7-40-30(39)29(28-25-14-21(34)16-37(25)18-35-28)38-17-23-24(32)15-22(26(33)27(23)36-38)20-10-8-19(9-11-20)12-13-41-42(5,6)31(2,3)4/h8-11,15,17-18,21,29H,7,12-14,16H2,1-6H3/t21-,29?/m1/s1. The Labute approximate surface area is 257 Å². The number of carbonyl (C=O) groups is 1. The molecule has 0 aliphatic carbocycles. The molecule has 0 spiro atoms. The molecule has 1 unspecified atom stereocenters. The van der Waals surface area contributed by atoms with E-state index in [0.29, 0.717) is 38.9 Å². The van der Waals surface area contributed by atoms with Crippen LogP contribution >= 0.6 is 23.2 Å². The van der Waals surface area contributed by atoms with Crippen LogP contribution in [0.4, 0.5) is 4.39 Å². The number of aromatic nitrogens is 4. The molecule has 1 aliphatic heterocycles. The minimum absolute atomic E-state index is 0.172. The van der Waals surface area contributed by atoms with Crippen LogP contribution in [0.3, 0.4) is 0 Å². The van der Waals surface area contributed by atoms with Gasteiger partial charge in [0.25, 0.3) is 0 Å². The molecule has 224 valence electrons. The molecule has 4 aromatic rings. The van der Waals surface area contributed by atoms with Crippen molar-refractivity contribution in [2.24, 2.45) is 0 Å². The molecule has 0 radical (unpaired) electrons. The summed E-state index contributed by atoms with van der Waals surface area (Å²) < 4.78 is 29.1. The minimum atomic E-state index is -1.80. The molecule has 1 aliphatic rings. The summed E-state index contributed by atoms with van der Waals surface area (Å²) in [5, 5.41) is 6.34. The van der Waals surface area contributed by atoms with Crippen LogP contribution < -0.4 is 0 Å². The highest BCUT2D eigenvalue weighted by molar-refractivity contribution is 6.74. The van der Waals surface area contributed by atoms with Gasteiger partial charge in [-0.1, -0.05) is 68.2 Å². The maximum Gasteiger partial charge on any atom is 0.337 e. The lowest BCUT2D eigenvalue weighted by Gasteiger charge is -2.36. The van der Waals surface area contributed by atoms with Gasteiger partial charge < -0.3 is 13.7 Å². The summed E-state index contributed by atoms with van der Waals surface area (Å²) in [4.78, 5) is 17.6. The fraction of sp³-hybridized carbons (Fsp3) is 0.452. The molecule has 3 heterocycles. The van der Waals surface area contributed by atoms with Crippen molar-refractivity contribution in [3.05, 3.63) is 69.9 Å². The number of fused-ring (bicyclic) bond motifs is 2. The third-order valence-corrected chi connectivity index (χ3v) is 13.7. The first-order valence-electron chi connectivity index (χ1n) is 14.3. The zero-order chi connectivity index (χ0) is 30.4.